The molecule has 3 amide bonds. The van der Waals surface area contributed by atoms with Crippen molar-refractivity contribution in [3.05, 3.63) is 96.1 Å². The van der Waals surface area contributed by atoms with Crippen molar-refractivity contribution in [1.29, 1.82) is 15.8 Å². The third-order valence-electron chi connectivity index (χ3n) is 21.1. The maximum atomic E-state index is 12.8. The van der Waals surface area contributed by atoms with Crippen LogP contribution in [0, 0.1) is 57.7 Å². The molecule has 8 aromatic rings. The van der Waals surface area contributed by atoms with Crippen molar-refractivity contribution in [2.24, 2.45) is 23.7 Å². The maximum absolute atomic E-state index is 12.8. The zero-order chi connectivity index (χ0) is 81.1. The quantitative estimate of drug-likeness (QED) is 0.0143. The smallest absolute Gasteiger partial charge is 0.341 e. The molecule has 8 atom stereocenters. The lowest BCUT2D eigenvalue weighted by molar-refractivity contribution is -0.133. The number of rotatable bonds is 27. The molecule has 113 heavy (non-hydrogen) atoms. The van der Waals surface area contributed by atoms with Crippen molar-refractivity contribution < 1.29 is 66.7 Å². The van der Waals surface area contributed by atoms with E-state index in [0.717, 1.165) is 90.4 Å². The highest BCUT2D eigenvalue weighted by molar-refractivity contribution is 6.07. The summed E-state index contributed by atoms with van der Waals surface area (Å²) in [5, 5.41) is 40.4. The third kappa shape index (κ3) is 22.0. The molecular formula is C80H105N19O14. The Morgan fingerprint density at radius 2 is 0.832 bits per heavy atom. The summed E-state index contributed by atoms with van der Waals surface area (Å²) >= 11 is 0. The number of nitriles is 3. The number of nitrogens with zero attached hydrogens (tertiary/aromatic N) is 12. The molecule has 0 spiro atoms. The van der Waals surface area contributed by atoms with E-state index in [9.17, 15) is 33.6 Å². The number of amides is 3. The fourth-order valence-corrected chi connectivity index (χ4v) is 14.4. The molecule has 0 aliphatic carbocycles. The standard InChI is InChI=1S/C21H27N5O4.C20H25N5O4.C20H28N4O4.C19H25N5O2/c1-14-6-9-26(18(27)4-7-22)13-17(14)25(2)19-15-5-8-23-20(15)24-12-16(19)21(28)30-11-10-29-3;1-13-5-8-25(17(26)3-6-21)12-16(13)24-18-14-4-7-22-19(14)23-11-15(18)20(27)29-10-9-28-2;1-4-17(25)24-8-6-13(2)16(12-24)23-18-14-5-7-21-19(14)22-11-15(18)20(26)28-10-9-27-3;1-3-26-19(25)15-11-22-18-14(5-8-21-18)17(15)23-16-12-24(9-4-7-20)10-6-13(16)2/h5,8,12,14,17H,4,6,9-11,13H2,1-3H3,(H,23,24);4,7,11,13,16H,3,5,8-10,12H2,1-2H3,(H2,22,23,24);5,7,11,13,16H,4,6,8-10,12H2,1-3H3,(H2,21,22,23);5,8,11,13,16H,3-4,6,9-10,12H2,1-2H3,(H2,21,22,23)/t14-,17+;3*13-,16+/m1101/s1. The zero-order valence-corrected chi connectivity index (χ0v) is 66.1. The van der Waals surface area contributed by atoms with Crippen molar-refractivity contribution in [3.63, 3.8) is 0 Å². The van der Waals surface area contributed by atoms with Crippen molar-refractivity contribution >= 4 is 108 Å². The highest BCUT2D eigenvalue weighted by Gasteiger charge is 2.37. The summed E-state index contributed by atoms with van der Waals surface area (Å²) in [6.07, 6.45) is 17.6. The number of anilines is 4. The maximum Gasteiger partial charge on any atom is 0.341 e. The normalized spacial score (nSPS) is 19.5. The predicted octanol–water partition coefficient (Wildman–Crippen LogP) is 9.08. The number of H-pyrrole nitrogens is 4. The molecule has 0 radical (unpaired) electrons. The van der Waals surface area contributed by atoms with Gasteiger partial charge in [0.25, 0.3) is 0 Å². The third-order valence-corrected chi connectivity index (χ3v) is 21.1. The minimum atomic E-state index is -0.485. The second-order valence-corrected chi connectivity index (χ2v) is 28.5. The number of aromatic nitrogens is 8. The zero-order valence-electron chi connectivity index (χ0n) is 66.1. The van der Waals surface area contributed by atoms with E-state index in [0.29, 0.717) is 140 Å². The van der Waals surface area contributed by atoms with Gasteiger partial charge < -0.3 is 93.5 Å². The van der Waals surface area contributed by atoms with Gasteiger partial charge in [0.05, 0.1) is 67.4 Å². The molecule has 0 unspecified atom stereocenters. The van der Waals surface area contributed by atoms with Crippen LogP contribution in [0.15, 0.2) is 73.8 Å². The Morgan fingerprint density at radius 3 is 1.24 bits per heavy atom. The number of esters is 4. The average Bonchev–Trinajstić information content (AvgIpc) is 1.78. The lowest BCUT2D eigenvalue weighted by Crippen LogP contribution is -2.52. The highest BCUT2D eigenvalue weighted by atomic mass is 16.6. The van der Waals surface area contributed by atoms with Gasteiger partial charge in [-0.25, -0.2) is 39.1 Å². The van der Waals surface area contributed by atoms with Gasteiger partial charge in [-0.2, -0.15) is 15.8 Å². The van der Waals surface area contributed by atoms with Crippen molar-refractivity contribution in [1.82, 2.24) is 59.5 Å². The molecule has 7 N–H and O–H groups in total. The molecule has 12 heterocycles. The van der Waals surface area contributed by atoms with Crippen LogP contribution in [-0.4, -0.2) is 259 Å². The second-order valence-electron chi connectivity index (χ2n) is 28.5. The first-order valence-electron chi connectivity index (χ1n) is 38.4. The monoisotopic (exact) mass is 1560 g/mol. The van der Waals surface area contributed by atoms with Gasteiger partial charge in [-0.3, -0.25) is 14.4 Å². The van der Waals surface area contributed by atoms with Gasteiger partial charge in [-0.1, -0.05) is 34.6 Å². The lowest BCUT2D eigenvalue weighted by Gasteiger charge is -2.43. The summed E-state index contributed by atoms with van der Waals surface area (Å²) in [7, 11) is 6.57. The number of aromatic amines is 4. The first kappa shape index (κ1) is 85.6. The topological polar surface area (TPSA) is 422 Å². The Bertz CT molecular complexity index is 4670. The lowest BCUT2D eigenvalue weighted by atomic mass is 9.91. The molecule has 33 heteroatoms. The minimum absolute atomic E-state index is 0.0209. The number of methoxy groups -OCH3 is 3. The summed E-state index contributed by atoms with van der Waals surface area (Å²) in [6, 6.07) is 13.7. The van der Waals surface area contributed by atoms with Gasteiger partial charge >= 0.3 is 23.9 Å². The minimum Gasteiger partial charge on any atom is -0.462 e. The van der Waals surface area contributed by atoms with E-state index in [1.54, 1.807) is 55.7 Å². The molecular weight excluding hydrogens is 1450 g/mol. The number of pyridine rings is 4. The SMILES string of the molecule is CCC(=O)N1CC[C@H](C)[C@H](Nc2c(C(=O)OCCOC)cnc3[nH]ccc23)C1.CCOC(=O)c1cnc2[nH]ccc2c1N[C@H]1CN(CCC#N)CC[C@H]1C.COCCOC(=O)c1cnc2[nH]ccc2c1N(C)[C@H]1CN(C(=O)CC#N)CC[C@H]1C.COCCOC(=O)c1cnc2[nH]ccc2c1N[C@H]1CN(C(=O)CC#N)CC[C@H]1C. The van der Waals surface area contributed by atoms with Crippen LogP contribution in [0.25, 0.3) is 44.1 Å². The van der Waals surface area contributed by atoms with Gasteiger partial charge in [0.2, 0.25) is 17.7 Å². The number of piperidine rings is 4. The Hall–Kier alpha value is -11.4. The van der Waals surface area contributed by atoms with Gasteiger partial charge in [-0.15, -0.1) is 0 Å². The van der Waals surface area contributed by atoms with Crippen molar-refractivity contribution in [2.45, 2.75) is 117 Å². The number of nitrogens with one attached hydrogen (secondary N) is 7. The van der Waals surface area contributed by atoms with Crippen molar-refractivity contribution in [2.75, 3.05) is 154 Å². The Morgan fingerprint density at radius 1 is 0.469 bits per heavy atom. The number of likely N-dealkylation sites (tertiary alicyclic amines) is 4. The van der Waals surface area contributed by atoms with Crippen LogP contribution in [-0.2, 0) is 47.5 Å². The van der Waals surface area contributed by atoms with Crippen LogP contribution in [0.2, 0.25) is 0 Å². The fraction of sp³-hybridized carbons (Fsp3) is 0.525. The summed E-state index contributed by atoms with van der Waals surface area (Å²) in [5.74, 6) is -0.552. The first-order chi connectivity index (χ1) is 54.7. The largest absolute Gasteiger partial charge is 0.462 e. The molecule has 8 aromatic heterocycles. The highest BCUT2D eigenvalue weighted by Crippen LogP contribution is 2.37. The van der Waals surface area contributed by atoms with Crippen LogP contribution in [0.1, 0.15) is 134 Å². The van der Waals surface area contributed by atoms with E-state index < -0.39 is 17.9 Å². The van der Waals surface area contributed by atoms with E-state index in [-0.39, 0.29) is 86.4 Å². The molecule has 4 saturated heterocycles. The second kappa shape index (κ2) is 42.3. The Labute approximate surface area is 657 Å². The Balaban J connectivity index is 0.000000173. The number of carbonyl (C=O) groups excluding carboxylic acids is 7. The molecule has 33 nitrogen and oxygen atoms in total. The van der Waals surface area contributed by atoms with Gasteiger partial charge in [0.1, 0.15) is 77.5 Å². The van der Waals surface area contributed by atoms with Gasteiger partial charge in [0.15, 0.2) is 0 Å². The van der Waals surface area contributed by atoms with E-state index in [4.69, 9.17) is 48.9 Å². The molecule has 0 aromatic carbocycles. The van der Waals surface area contributed by atoms with E-state index >= 15 is 0 Å². The molecule has 0 bridgehead atoms. The van der Waals surface area contributed by atoms with E-state index in [1.807, 2.05) is 66.4 Å². The molecule has 4 fully saturated rings. The van der Waals surface area contributed by atoms with Crippen LogP contribution in [0.4, 0.5) is 22.7 Å². The van der Waals surface area contributed by atoms with Crippen molar-refractivity contribution in [3.8, 4) is 18.2 Å². The molecule has 4 aliphatic rings. The van der Waals surface area contributed by atoms with Crippen LogP contribution in [0.3, 0.4) is 0 Å². The number of ether oxygens (including phenoxy) is 7. The van der Waals surface area contributed by atoms with E-state index in [1.165, 1.54) is 25.7 Å². The molecule has 12 rings (SSSR count). The predicted molar refractivity (Wildman–Crippen MR) is 424 cm³/mol. The van der Waals surface area contributed by atoms with Gasteiger partial charge in [-0.05, 0) is 87.1 Å². The Kier molecular flexibility index (Phi) is 32.0. The number of hydrogen-bond donors (Lipinski definition) is 7. The van der Waals surface area contributed by atoms with Gasteiger partial charge in [0, 0.05) is 189 Å². The number of fused-ring (bicyclic) bond motifs is 4. The molecule has 0 saturated carbocycles. The average molecular weight is 1560 g/mol. The number of hydrogen-bond acceptors (Lipinski definition) is 26. The summed E-state index contributed by atoms with van der Waals surface area (Å²) in [4.78, 5) is 126. The summed E-state index contributed by atoms with van der Waals surface area (Å²) in [6.45, 7) is 20.3. The summed E-state index contributed by atoms with van der Waals surface area (Å²) in [5.41, 5.74) is 7.12. The number of likely N-dealkylation sites (N-methyl/N-ethyl adjacent to an activating group) is 1. The van der Waals surface area contributed by atoms with E-state index in [2.05, 4.69) is 94.5 Å². The van der Waals surface area contributed by atoms with Crippen LogP contribution < -0.4 is 20.9 Å². The summed E-state index contributed by atoms with van der Waals surface area (Å²) < 4.78 is 36.0. The fourth-order valence-electron chi connectivity index (χ4n) is 14.4. The van der Waals surface area contributed by atoms with Crippen LogP contribution >= 0.6 is 0 Å². The first-order valence-corrected chi connectivity index (χ1v) is 38.4. The number of carbonyl (C=O) groups is 7. The molecule has 4 aliphatic heterocycles. The van der Waals surface area contributed by atoms with Crippen LogP contribution in [0.5, 0.6) is 0 Å². The molecule has 604 valence electrons.